The maximum absolute atomic E-state index is 11.6. The highest BCUT2D eigenvalue weighted by molar-refractivity contribution is 5.99. The molecule has 94 valence electrons. The smallest absolute Gasteiger partial charge is 0.323 e. The second-order valence-electron chi connectivity index (χ2n) is 3.50. The first-order chi connectivity index (χ1) is 7.44. The molecule has 2 unspecified atom stereocenters. The molecule has 0 bridgehead atoms. The highest BCUT2D eigenvalue weighted by atomic mass is 16.5. The van der Waals surface area contributed by atoms with Crippen molar-refractivity contribution in [1.82, 2.24) is 0 Å². The first-order valence-electron chi connectivity index (χ1n) is 5.14. The standard InChI is InChI=1S/C10H18O6/c1-3-10(8(13)14,5-7(12)6-11)9(15)16-4-2/h7,11-12H,3-6H2,1-2H3,(H,13,14). The number of hydrogen-bond acceptors (Lipinski definition) is 5. The average Bonchev–Trinajstić information content (AvgIpc) is 2.25. The van der Waals surface area contributed by atoms with Crippen molar-refractivity contribution in [3.05, 3.63) is 0 Å². The number of ether oxygens (including phenoxy) is 1. The monoisotopic (exact) mass is 234 g/mol. The van der Waals surface area contributed by atoms with E-state index in [0.717, 1.165) is 0 Å². The quantitative estimate of drug-likeness (QED) is 0.415. The van der Waals surface area contributed by atoms with Crippen molar-refractivity contribution in [3.8, 4) is 0 Å². The van der Waals surface area contributed by atoms with Crippen LogP contribution < -0.4 is 0 Å². The fourth-order valence-corrected chi connectivity index (χ4v) is 1.43. The molecule has 0 aromatic carbocycles. The van der Waals surface area contributed by atoms with Crippen molar-refractivity contribution in [2.75, 3.05) is 13.2 Å². The lowest BCUT2D eigenvalue weighted by Gasteiger charge is -2.27. The summed E-state index contributed by atoms with van der Waals surface area (Å²) in [6.45, 7) is 2.58. The van der Waals surface area contributed by atoms with Crippen LogP contribution in [0.5, 0.6) is 0 Å². The molecule has 3 N–H and O–H groups in total. The van der Waals surface area contributed by atoms with Gasteiger partial charge in [-0.15, -0.1) is 0 Å². The Kier molecular flexibility index (Phi) is 5.98. The van der Waals surface area contributed by atoms with Gasteiger partial charge in [-0.2, -0.15) is 0 Å². The Hall–Kier alpha value is -1.14. The van der Waals surface area contributed by atoms with Gasteiger partial charge < -0.3 is 20.1 Å². The summed E-state index contributed by atoms with van der Waals surface area (Å²) >= 11 is 0. The predicted molar refractivity (Wildman–Crippen MR) is 54.7 cm³/mol. The summed E-state index contributed by atoms with van der Waals surface area (Å²) < 4.78 is 4.69. The number of carbonyl (C=O) groups excluding carboxylic acids is 1. The number of aliphatic hydroxyl groups excluding tert-OH is 2. The number of carboxylic acid groups (broad SMARTS) is 1. The number of carboxylic acids is 1. The maximum Gasteiger partial charge on any atom is 0.323 e. The van der Waals surface area contributed by atoms with E-state index in [9.17, 15) is 14.7 Å². The minimum absolute atomic E-state index is 0.00176. The van der Waals surface area contributed by atoms with Crippen LogP contribution in [0.1, 0.15) is 26.7 Å². The fraction of sp³-hybridized carbons (Fsp3) is 0.800. The molecule has 0 fully saturated rings. The fourth-order valence-electron chi connectivity index (χ4n) is 1.43. The molecule has 0 aromatic rings. The van der Waals surface area contributed by atoms with E-state index in [4.69, 9.17) is 14.9 Å². The third-order valence-corrected chi connectivity index (χ3v) is 2.47. The third kappa shape index (κ3) is 3.18. The molecular weight excluding hydrogens is 216 g/mol. The van der Waals surface area contributed by atoms with Gasteiger partial charge in [-0.3, -0.25) is 9.59 Å². The van der Waals surface area contributed by atoms with E-state index < -0.39 is 30.1 Å². The summed E-state index contributed by atoms with van der Waals surface area (Å²) in [4.78, 5) is 22.7. The van der Waals surface area contributed by atoms with Crippen LogP contribution in [-0.2, 0) is 14.3 Å². The molecule has 6 nitrogen and oxygen atoms in total. The van der Waals surface area contributed by atoms with Crippen LogP contribution >= 0.6 is 0 Å². The van der Waals surface area contributed by atoms with Crippen LogP contribution in [0.15, 0.2) is 0 Å². The number of carbonyl (C=O) groups is 2. The minimum atomic E-state index is -1.78. The van der Waals surface area contributed by atoms with E-state index in [1.807, 2.05) is 0 Å². The number of rotatable bonds is 7. The van der Waals surface area contributed by atoms with Crippen LogP contribution in [0.3, 0.4) is 0 Å². The second-order valence-corrected chi connectivity index (χ2v) is 3.50. The first kappa shape index (κ1) is 14.9. The number of hydrogen-bond donors (Lipinski definition) is 3. The van der Waals surface area contributed by atoms with Crippen LogP contribution in [0.2, 0.25) is 0 Å². The summed E-state index contributed by atoms with van der Waals surface area (Å²) in [5, 5.41) is 27.0. The molecule has 6 heteroatoms. The number of aliphatic hydroxyl groups is 2. The van der Waals surface area contributed by atoms with Gasteiger partial charge in [-0.1, -0.05) is 6.92 Å². The van der Waals surface area contributed by atoms with Gasteiger partial charge in [-0.05, 0) is 13.3 Å². The second kappa shape index (κ2) is 6.44. The molecule has 0 saturated heterocycles. The summed E-state index contributed by atoms with van der Waals surface area (Å²) in [7, 11) is 0. The molecule has 0 heterocycles. The zero-order valence-electron chi connectivity index (χ0n) is 9.47. The van der Waals surface area contributed by atoms with E-state index in [2.05, 4.69) is 0 Å². The molecule has 0 aliphatic heterocycles. The largest absolute Gasteiger partial charge is 0.480 e. The van der Waals surface area contributed by atoms with Gasteiger partial charge in [0.1, 0.15) is 0 Å². The van der Waals surface area contributed by atoms with E-state index >= 15 is 0 Å². The van der Waals surface area contributed by atoms with E-state index in [-0.39, 0.29) is 19.4 Å². The normalized spacial score (nSPS) is 16.2. The first-order valence-corrected chi connectivity index (χ1v) is 5.14. The van der Waals surface area contributed by atoms with Gasteiger partial charge >= 0.3 is 11.9 Å². The van der Waals surface area contributed by atoms with Crippen LogP contribution in [0, 0.1) is 5.41 Å². The predicted octanol–water partition coefficient (Wildman–Crippen LogP) is -0.226. The lowest BCUT2D eigenvalue weighted by molar-refractivity contribution is -0.172. The molecule has 0 rings (SSSR count). The Morgan fingerprint density at radius 3 is 2.25 bits per heavy atom. The van der Waals surface area contributed by atoms with Gasteiger partial charge in [0.05, 0.1) is 19.3 Å². The van der Waals surface area contributed by atoms with Crippen molar-refractivity contribution in [2.45, 2.75) is 32.8 Å². The van der Waals surface area contributed by atoms with E-state index in [1.54, 1.807) is 6.92 Å². The molecule has 16 heavy (non-hydrogen) atoms. The summed E-state index contributed by atoms with van der Waals surface area (Å²) in [6, 6.07) is 0. The lowest BCUT2D eigenvalue weighted by Crippen LogP contribution is -2.43. The Morgan fingerprint density at radius 2 is 1.94 bits per heavy atom. The average molecular weight is 234 g/mol. The van der Waals surface area contributed by atoms with Gasteiger partial charge in [0.15, 0.2) is 5.41 Å². The highest BCUT2D eigenvalue weighted by Gasteiger charge is 2.47. The van der Waals surface area contributed by atoms with Crippen molar-refractivity contribution >= 4 is 11.9 Å². The lowest BCUT2D eigenvalue weighted by atomic mass is 9.80. The topological polar surface area (TPSA) is 104 Å². The van der Waals surface area contributed by atoms with Crippen molar-refractivity contribution in [2.24, 2.45) is 5.41 Å². The van der Waals surface area contributed by atoms with Gasteiger partial charge in [0.25, 0.3) is 0 Å². The molecule has 2 atom stereocenters. The van der Waals surface area contributed by atoms with Gasteiger partial charge in [0, 0.05) is 6.42 Å². The van der Waals surface area contributed by atoms with E-state index in [1.165, 1.54) is 6.92 Å². The molecule has 0 aliphatic carbocycles. The van der Waals surface area contributed by atoms with Gasteiger partial charge in [-0.25, -0.2) is 0 Å². The molecule has 0 radical (unpaired) electrons. The molecule has 0 aliphatic rings. The Morgan fingerprint density at radius 1 is 1.38 bits per heavy atom. The zero-order chi connectivity index (χ0) is 12.8. The maximum atomic E-state index is 11.6. The summed E-state index contributed by atoms with van der Waals surface area (Å²) in [6.07, 6.45) is -1.60. The molecule has 0 spiro atoms. The van der Waals surface area contributed by atoms with E-state index in [0.29, 0.717) is 0 Å². The Bertz CT molecular complexity index is 252. The third-order valence-electron chi connectivity index (χ3n) is 2.47. The highest BCUT2D eigenvalue weighted by Crippen LogP contribution is 2.30. The number of esters is 1. The Balaban J connectivity index is 4.99. The molecular formula is C10H18O6. The molecule has 0 amide bonds. The minimum Gasteiger partial charge on any atom is -0.480 e. The van der Waals surface area contributed by atoms with Crippen LogP contribution in [-0.4, -0.2) is 46.6 Å². The van der Waals surface area contributed by atoms with Crippen molar-refractivity contribution in [1.29, 1.82) is 0 Å². The number of aliphatic carboxylic acids is 1. The summed E-state index contributed by atoms with van der Waals surface area (Å²) in [5.41, 5.74) is -1.78. The van der Waals surface area contributed by atoms with Crippen molar-refractivity contribution in [3.63, 3.8) is 0 Å². The van der Waals surface area contributed by atoms with Gasteiger partial charge in [0.2, 0.25) is 0 Å². The Labute approximate surface area is 93.8 Å². The molecule has 0 aromatic heterocycles. The SMILES string of the molecule is CCOC(=O)C(CC)(CC(O)CO)C(=O)O. The van der Waals surface area contributed by atoms with Crippen LogP contribution in [0.25, 0.3) is 0 Å². The summed E-state index contributed by atoms with van der Waals surface area (Å²) in [5.74, 6) is -2.22. The molecule has 0 saturated carbocycles. The van der Waals surface area contributed by atoms with Crippen molar-refractivity contribution < 1.29 is 29.6 Å². The van der Waals surface area contributed by atoms with Crippen LogP contribution in [0.4, 0.5) is 0 Å². The zero-order valence-corrected chi connectivity index (χ0v) is 9.47.